The van der Waals surface area contributed by atoms with E-state index < -0.39 is 0 Å². The van der Waals surface area contributed by atoms with Gasteiger partial charge in [0, 0.05) is 30.7 Å². The van der Waals surface area contributed by atoms with E-state index >= 15 is 0 Å². The lowest BCUT2D eigenvalue weighted by molar-refractivity contribution is 0.0420. The smallest absolute Gasteiger partial charge is 0.0304 e. The highest BCUT2D eigenvalue weighted by atomic mass is 15.3. The molecule has 3 atom stereocenters. The molecule has 0 bridgehead atoms. The van der Waals surface area contributed by atoms with Gasteiger partial charge in [-0.25, -0.2) is 0 Å². The Labute approximate surface area is 115 Å². The molecule has 1 N–H and O–H groups in total. The molecule has 0 saturated carbocycles. The van der Waals surface area contributed by atoms with Crippen molar-refractivity contribution >= 4 is 0 Å². The van der Waals surface area contributed by atoms with Crippen molar-refractivity contribution in [1.82, 2.24) is 10.2 Å². The average molecular weight is 254 g/mol. The number of piperazine rings is 1. The summed E-state index contributed by atoms with van der Waals surface area (Å²) in [5.41, 5.74) is 0.357. The lowest BCUT2D eigenvalue weighted by Crippen LogP contribution is -2.64. The maximum Gasteiger partial charge on any atom is 0.0304 e. The van der Waals surface area contributed by atoms with E-state index in [-0.39, 0.29) is 0 Å². The first-order chi connectivity index (χ1) is 8.48. The first kappa shape index (κ1) is 16.0. The van der Waals surface area contributed by atoms with Crippen molar-refractivity contribution in [2.45, 2.75) is 84.8 Å². The monoisotopic (exact) mass is 254 g/mol. The maximum absolute atomic E-state index is 3.79. The van der Waals surface area contributed by atoms with Gasteiger partial charge in [-0.2, -0.15) is 0 Å². The second-order valence-electron chi connectivity index (χ2n) is 6.49. The second kappa shape index (κ2) is 6.91. The summed E-state index contributed by atoms with van der Waals surface area (Å²) in [6.45, 7) is 16.5. The van der Waals surface area contributed by atoms with E-state index in [1.165, 1.54) is 32.2 Å². The Morgan fingerprint density at radius 2 is 1.83 bits per heavy atom. The Kier molecular flexibility index (Phi) is 6.13. The van der Waals surface area contributed by atoms with Crippen LogP contribution in [0.3, 0.4) is 0 Å². The second-order valence-corrected chi connectivity index (χ2v) is 6.49. The van der Waals surface area contributed by atoms with Gasteiger partial charge in [-0.15, -0.1) is 0 Å². The van der Waals surface area contributed by atoms with Gasteiger partial charge >= 0.3 is 0 Å². The molecule has 0 aliphatic carbocycles. The number of hydrogen-bond donors (Lipinski definition) is 1. The van der Waals surface area contributed by atoms with Gasteiger partial charge in [-0.1, -0.05) is 34.1 Å². The minimum absolute atomic E-state index is 0.357. The zero-order valence-electron chi connectivity index (χ0n) is 13.4. The molecule has 0 aromatic heterocycles. The molecule has 1 fully saturated rings. The molecule has 18 heavy (non-hydrogen) atoms. The molecule has 0 aromatic carbocycles. The van der Waals surface area contributed by atoms with Crippen LogP contribution in [0.15, 0.2) is 0 Å². The van der Waals surface area contributed by atoms with Crippen molar-refractivity contribution in [3.8, 4) is 0 Å². The average Bonchev–Trinajstić information content (AvgIpc) is 2.39. The van der Waals surface area contributed by atoms with E-state index in [1.807, 2.05) is 0 Å². The fourth-order valence-corrected chi connectivity index (χ4v) is 3.24. The van der Waals surface area contributed by atoms with Crippen molar-refractivity contribution in [1.29, 1.82) is 0 Å². The standard InChI is InChI=1S/C16H34N2/c1-7-13(4)10-14(5)18-12-16(8-2,9-3)17-11-15(18)6/h13-15,17H,7-12H2,1-6H3. The third kappa shape index (κ3) is 3.71. The fourth-order valence-electron chi connectivity index (χ4n) is 3.24. The van der Waals surface area contributed by atoms with Crippen molar-refractivity contribution in [2.24, 2.45) is 5.92 Å². The van der Waals surface area contributed by atoms with Crippen molar-refractivity contribution in [3.63, 3.8) is 0 Å². The summed E-state index contributed by atoms with van der Waals surface area (Å²) in [5, 5.41) is 3.79. The fraction of sp³-hybridized carbons (Fsp3) is 1.00. The van der Waals surface area contributed by atoms with Crippen LogP contribution in [0.1, 0.15) is 67.2 Å². The quantitative estimate of drug-likeness (QED) is 0.778. The van der Waals surface area contributed by atoms with E-state index in [4.69, 9.17) is 0 Å². The van der Waals surface area contributed by atoms with Crippen LogP contribution < -0.4 is 5.32 Å². The first-order valence-corrected chi connectivity index (χ1v) is 7.98. The lowest BCUT2D eigenvalue weighted by atomic mass is 9.87. The molecule has 0 amide bonds. The van der Waals surface area contributed by atoms with E-state index in [0.717, 1.165) is 18.5 Å². The topological polar surface area (TPSA) is 15.3 Å². The van der Waals surface area contributed by atoms with Gasteiger partial charge in [0.1, 0.15) is 0 Å². The third-order valence-electron chi connectivity index (χ3n) is 5.18. The molecule has 2 nitrogen and oxygen atoms in total. The summed E-state index contributed by atoms with van der Waals surface area (Å²) >= 11 is 0. The zero-order chi connectivity index (χ0) is 13.8. The molecule has 1 aliphatic heterocycles. The summed E-state index contributed by atoms with van der Waals surface area (Å²) in [5.74, 6) is 0.847. The number of nitrogens with one attached hydrogen (secondary N) is 1. The summed E-state index contributed by atoms with van der Waals surface area (Å²) in [4.78, 5) is 2.75. The minimum atomic E-state index is 0.357. The van der Waals surface area contributed by atoms with Crippen LogP contribution in [0.5, 0.6) is 0 Å². The van der Waals surface area contributed by atoms with Gasteiger partial charge in [0.05, 0.1) is 0 Å². The first-order valence-electron chi connectivity index (χ1n) is 7.98. The van der Waals surface area contributed by atoms with Crippen molar-refractivity contribution < 1.29 is 0 Å². The molecule has 0 aromatic rings. The number of nitrogens with zero attached hydrogens (tertiary/aromatic N) is 1. The molecule has 0 radical (unpaired) electrons. The van der Waals surface area contributed by atoms with Gasteiger partial charge in [-0.3, -0.25) is 4.90 Å². The molecular weight excluding hydrogens is 220 g/mol. The van der Waals surface area contributed by atoms with Crippen molar-refractivity contribution in [3.05, 3.63) is 0 Å². The number of hydrogen-bond acceptors (Lipinski definition) is 2. The van der Waals surface area contributed by atoms with Crippen LogP contribution in [-0.4, -0.2) is 35.6 Å². The molecule has 1 rings (SSSR count). The molecule has 2 heteroatoms. The molecule has 3 unspecified atom stereocenters. The summed E-state index contributed by atoms with van der Waals surface area (Å²) < 4.78 is 0. The van der Waals surface area contributed by atoms with Crippen LogP contribution in [0.25, 0.3) is 0 Å². The molecule has 0 spiro atoms. The van der Waals surface area contributed by atoms with E-state index in [2.05, 4.69) is 51.8 Å². The molecule has 1 saturated heterocycles. The van der Waals surface area contributed by atoms with Gasteiger partial charge in [0.15, 0.2) is 0 Å². The predicted molar refractivity (Wildman–Crippen MR) is 81.0 cm³/mol. The third-order valence-corrected chi connectivity index (χ3v) is 5.18. The van der Waals surface area contributed by atoms with Gasteiger partial charge in [0.2, 0.25) is 0 Å². The SMILES string of the molecule is CCC(C)CC(C)N1CC(CC)(CC)NCC1C. The highest BCUT2D eigenvalue weighted by molar-refractivity contribution is 4.97. The maximum atomic E-state index is 3.79. The molecular formula is C16H34N2. The van der Waals surface area contributed by atoms with Crippen LogP contribution >= 0.6 is 0 Å². The van der Waals surface area contributed by atoms with Crippen LogP contribution in [0.2, 0.25) is 0 Å². The van der Waals surface area contributed by atoms with Gasteiger partial charge in [0.25, 0.3) is 0 Å². The summed E-state index contributed by atoms with van der Waals surface area (Å²) in [6, 6.07) is 1.39. The lowest BCUT2D eigenvalue weighted by Gasteiger charge is -2.49. The molecule has 1 heterocycles. The number of rotatable bonds is 6. The minimum Gasteiger partial charge on any atom is -0.308 e. The van der Waals surface area contributed by atoms with Gasteiger partial charge in [-0.05, 0) is 39.0 Å². The Bertz CT molecular complexity index is 235. The van der Waals surface area contributed by atoms with Gasteiger partial charge < -0.3 is 5.32 Å². The highest BCUT2D eigenvalue weighted by Crippen LogP contribution is 2.26. The Balaban J connectivity index is 2.66. The zero-order valence-corrected chi connectivity index (χ0v) is 13.4. The summed E-state index contributed by atoms with van der Waals surface area (Å²) in [6.07, 6.45) is 5.12. The normalized spacial score (nSPS) is 28.0. The predicted octanol–water partition coefficient (Wildman–Crippen LogP) is 3.66. The van der Waals surface area contributed by atoms with E-state index in [9.17, 15) is 0 Å². The Hall–Kier alpha value is -0.0800. The van der Waals surface area contributed by atoms with Crippen LogP contribution in [0.4, 0.5) is 0 Å². The van der Waals surface area contributed by atoms with E-state index in [1.54, 1.807) is 0 Å². The summed E-state index contributed by atoms with van der Waals surface area (Å²) in [7, 11) is 0. The molecule has 1 aliphatic rings. The highest BCUT2D eigenvalue weighted by Gasteiger charge is 2.36. The van der Waals surface area contributed by atoms with Crippen LogP contribution in [0, 0.1) is 5.92 Å². The largest absolute Gasteiger partial charge is 0.308 e. The Morgan fingerprint density at radius 1 is 1.22 bits per heavy atom. The van der Waals surface area contributed by atoms with Crippen molar-refractivity contribution in [2.75, 3.05) is 13.1 Å². The van der Waals surface area contributed by atoms with E-state index in [0.29, 0.717) is 11.6 Å². The molecule has 108 valence electrons. The van der Waals surface area contributed by atoms with Crippen LogP contribution in [-0.2, 0) is 0 Å². The Morgan fingerprint density at radius 3 is 2.33 bits per heavy atom.